The molecular weight excluding hydrogens is 404 g/mol. The largest absolute Gasteiger partial charge is 0.273 e. The predicted octanol–water partition coefficient (Wildman–Crippen LogP) is 8.89. The summed E-state index contributed by atoms with van der Waals surface area (Å²) in [6, 6.07) is 20.0. The van der Waals surface area contributed by atoms with Crippen LogP contribution in [0.15, 0.2) is 72.8 Å². The second kappa shape index (κ2) is 17.9. The number of para-hydroxylation sites is 2. The minimum Gasteiger partial charge on any atom is -0.273 e. The minimum absolute atomic E-state index is 0.0698. The molecule has 3 heteroatoms. The van der Waals surface area contributed by atoms with E-state index in [1.165, 1.54) is 70.6 Å². The van der Waals surface area contributed by atoms with Gasteiger partial charge in [0.1, 0.15) is 0 Å². The van der Waals surface area contributed by atoms with E-state index in [9.17, 15) is 4.79 Å². The van der Waals surface area contributed by atoms with E-state index >= 15 is 0 Å². The Morgan fingerprint density at radius 3 is 1.64 bits per heavy atom. The van der Waals surface area contributed by atoms with Crippen LogP contribution in [0, 0.1) is 0 Å². The number of carbonyl (C=O) groups is 1. The van der Waals surface area contributed by atoms with E-state index in [2.05, 4.69) is 24.5 Å². The number of anilines is 2. The molecule has 2 aromatic carbocycles. The Labute approximate surface area is 202 Å². The molecule has 0 aromatic heterocycles. The van der Waals surface area contributed by atoms with E-state index in [0.29, 0.717) is 6.42 Å². The van der Waals surface area contributed by atoms with Crippen molar-refractivity contribution in [1.82, 2.24) is 5.43 Å². The smallest absolute Gasteiger partial charge is 0.238 e. The van der Waals surface area contributed by atoms with E-state index < -0.39 is 0 Å². The van der Waals surface area contributed by atoms with Gasteiger partial charge in [0.15, 0.2) is 0 Å². The topological polar surface area (TPSA) is 32.3 Å². The molecule has 0 aliphatic rings. The third kappa shape index (κ3) is 12.3. The average Bonchev–Trinajstić information content (AvgIpc) is 2.86. The van der Waals surface area contributed by atoms with Crippen molar-refractivity contribution < 1.29 is 4.79 Å². The molecule has 33 heavy (non-hydrogen) atoms. The Hall–Kier alpha value is -2.55. The monoisotopic (exact) mass is 448 g/mol. The lowest BCUT2D eigenvalue weighted by atomic mass is 10.1. The molecule has 0 heterocycles. The summed E-state index contributed by atoms with van der Waals surface area (Å²) in [5.74, 6) is 0.0698. The van der Waals surface area contributed by atoms with Gasteiger partial charge in [0, 0.05) is 6.42 Å². The van der Waals surface area contributed by atoms with E-state index in [1.54, 1.807) is 0 Å². The number of nitrogens with one attached hydrogen (secondary N) is 1. The summed E-state index contributed by atoms with van der Waals surface area (Å²) in [6.07, 6.45) is 21.8. The molecule has 180 valence electrons. The fraction of sp³-hybridized carbons (Fsp3) is 0.500. The molecule has 1 amide bonds. The summed E-state index contributed by atoms with van der Waals surface area (Å²) < 4.78 is 0. The number of nitrogens with zero attached hydrogens (tertiary/aromatic N) is 1. The third-order valence-corrected chi connectivity index (χ3v) is 5.93. The van der Waals surface area contributed by atoms with Crippen molar-refractivity contribution in [2.24, 2.45) is 0 Å². The quantitative estimate of drug-likeness (QED) is 0.140. The van der Waals surface area contributed by atoms with Crippen LogP contribution in [0.4, 0.5) is 11.4 Å². The Morgan fingerprint density at radius 2 is 1.12 bits per heavy atom. The van der Waals surface area contributed by atoms with Crippen molar-refractivity contribution in [2.75, 3.05) is 5.01 Å². The van der Waals surface area contributed by atoms with Gasteiger partial charge in [0.05, 0.1) is 11.4 Å². The predicted molar refractivity (Wildman–Crippen MR) is 143 cm³/mol. The fourth-order valence-electron chi connectivity index (χ4n) is 3.97. The molecule has 0 saturated carbocycles. The second-order valence-electron chi connectivity index (χ2n) is 8.88. The number of rotatable bonds is 18. The molecule has 0 atom stereocenters. The first-order valence-corrected chi connectivity index (χ1v) is 13.2. The van der Waals surface area contributed by atoms with Gasteiger partial charge in [-0.1, -0.05) is 107 Å². The normalized spacial score (nSPS) is 11.1. The lowest BCUT2D eigenvalue weighted by molar-refractivity contribution is -0.121. The fourth-order valence-corrected chi connectivity index (χ4v) is 3.97. The Kier molecular flexibility index (Phi) is 14.5. The maximum Gasteiger partial charge on any atom is 0.238 e. The van der Waals surface area contributed by atoms with Crippen molar-refractivity contribution in [3.8, 4) is 0 Å². The zero-order chi connectivity index (χ0) is 23.4. The average molecular weight is 449 g/mol. The Balaban J connectivity index is 1.54. The van der Waals surface area contributed by atoms with Gasteiger partial charge in [0.25, 0.3) is 0 Å². The highest BCUT2D eigenvalue weighted by atomic mass is 16.2. The SMILES string of the molecule is CCCCCCCC/C=C\CCCCCCCC(=O)NN(c1ccccc1)c1ccccc1. The van der Waals surface area contributed by atoms with Crippen LogP contribution in [0.25, 0.3) is 0 Å². The first-order chi connectivity index (χ1) is 16.3. The van der Waals surface area contributed by atoms with E-state index in [1.807, 2.05) is 65.7 Å². The molecule has 0 radical (unpaired) electrons. The molecular formula is C30H44N2O. The molecule has 0 spiro atoms. The lowest BCUT2D eigenvalue weighted by Crippen LogP contribution is -2.38. The van der Waals surface area contributed by atoms with E-state index in [-0.39, 0.29) is 5.91 Å². The number of amides is 1. The minimum atomic E-state index is 0.0698. The van der Waals surface area contributed by atoms with Crippen LogP contribution in [0.5, 0.6) is 0 Å². The summed E-state index contributed by atoms with van der Waals surface area (Å²) >= 11 is 0. The number of hydrogen-bond donors (Lipinski definition) is 1. The van der Waals surface area contributed by atoms with Crippen LogP contribution in [0.1, 0.15) is 96.8 Å². The van der Waals surface area contributed by atoms with E-state index in [4.69, 9.17) is 0 Å². The van der Waals surface area contributed by atoms with Crippen LogP contribution in [0.3, 0.4) is 0 Å². The van der Waals surface area contributed by atoms with Crippen LogP contribution in [-0.4, -0.2) is 5.91 Å². The Morgan fingerprint density at radius 1 is 0.667 bits per heavy atom. The van der Waals surface area contributed by atoms with Gasteiger partial charge in [0.2, 0.25) is 5.91 Å². The number of unbranched alkanes of at least 4 members (excludes halogenated alkanes) is 11. The van der Waals surface area contributed by atoms with Gasteiger partial charge in [-0.05, 0) is 56.4 Å². The molecule has 0 fully saturated rings. The zero-order valence-electron chi connectivity index (χ0n) is 20.7. The van der Waals surface area contributed by atoms with Gasteiger partial charge in [-0.3, -0.25) is 15.2 Å². The second-order valence-corrected chi connectivity index (χ2v) is 8.88. The molecule has 3 nitrogen and oxygen atoms in total. The van der Waals surface area contributed by atoms with Crippen molar-refractivity contribution >= 4 is 17.3 Å². The van der Waals surface area contributed by atoms with E-state index in [0.717, 1.165) is 24.2 Å². The number of allylic oxidation sites excluding steroid dienone is 2. The molecule has 2 rings (SSSR count). The van der Waals surface area contributed by atoms with Gasteiger partial charge in [-0.2, -0.15) is 0 Å². The van der Waals surface area contributed by atoms with Gasteiger partial charge >= 0.3 is 0 Å². The molecule has 0 unspecified atom stereocenters. The van der Waals surface area contributed by atoms with Crippen LogP contribution >= 0.6 is 0 Å². The molecule has 0 aliphatic carbocycles. The summed E-state index contributed by atoms with van der Waals surface area (Å²) in [7, 11) is 0. The van der Waals surface area contributed by atoms with Crippen LogP contribution < -0.4 is 10.4 Å². The first kappa shape index (κ1) is 26.7. The maximum absolute atomic E-state index is 12.6. The molecule has 0 saturated heterocycles. The van der Waals surface area contributed by atoms with Crippen LogP contribution in [-0.2, 0) is 4.79 Å². The number of hydrazine groups is 1. The number of carbonyl (C=O) groups excluding carboxylic acids is 1. The molecule has 2 aromatic rings. The highest BCUT2D eigenvalue weighted by Crippen LogP contribution is 2.22. The third-order valence-electron chi connectivity index (χ3n) is 5.93. The van der Waals surface area contributed by atoms with Crippen molar-refractivity contribution in [3.63, 3.8) is 0 Å². The summed E-state index contributed by atoms with van der Waals surface area (Å²) in [6.45, 7) is 2.27. The molecule has 0 aliphatic heterocycles. The lowest BCUT2D eigenvalue weighted by Gasteiger charge is -2.25. The van der Waals surface area contributed by atoms with Crippen molar-refractivity contribution in [2.45, 2.75) is 96.8 Å². The molecule has 0 bridgehead atoms. The Bertz CT molecular complexity index is 718. The van der Waals surface area contributed by atoms with Gasteiger partial charge in [-0.25, -0.2) is 0 Å². The summed E-state index contributed by atoms with van der Waals surface area (Å²) in [5.41, 5.74) is 5.00. The van der Waals surface area contributed by atoms with Crippen molar-refractivity contribution in [1.29, 1.82) is 0 Å². The maximum atomic E-state index is 12.6. The summed E-state index contributed by atoms with van der Waals surface area (Å²) in [5, 5.41) is 1.87. The summed E-state index contributed by atoms with van der Waals surface area (Å²) in [4.78, 5) is 12.6. The van der Waals surface area contributed by atoms with Gasteiger partial charge < -0.3 is 0 Å². The standard InChI is InChI=1S/C30H44N2O/c1-2-3-4-5-6-7-8-9-10-11-12-13-14-15-22-27-30(33)31-32(28-23-18-16-19-24-28)29-25-20-17-21-26-29/h9-10,16-21,23-26H,2-8,11-15,22,27H2,1H3,(H,31,33)/b10-9-. The highest BCUT2D eigenvalue weighted by molar-refractivity contribution is 5.80. The number of hydrogen-bond acceptors (Lipinski definition) is 2. The first-order valence-electron chi connectivity index (χ1n) is 13.2. The van der Waals surface area contributed by atoms with Crippen molar-refractivity contribution in [3.05, 3.63) is 72.8 Å². The van der Waals surface area contributed by atoms with Gasteiger partial charge in [-0.15, -0.1) is 0 Å². The zero-order valence-corrected chi connectivity index (χ0v) is 20.7. The number of benzene rings is 2. The molecule has 1 N–H and O–H groups in total. The van der Waals surface area contributed by atoms with Crippen LogP contribution in [0.2, 0.25) is 0 Å². The highest BCUT2D eigenvalue weighted by Gasteiger charge is 2.12.